The van der Waals surface area contributed by atoms with E-state index >= 15 is 0 Å². The number of benzene rings is 2. The third kappa shape index (κ3) is 4.62. The molecule has 0 saturated carbocycles. The molecule has 0 aliphatic rings. The highest BCUT2D eigenvalue weighted by molar-refractivity contribution is 7.17. The van der Waals surface area contributed by atoms with Crippen LogP contribution >= 0.6 is 11.3 Å². The summed E-state index contributed by atoms with van der Waals surface area (Å²) in [6.45, 7) is 3.43. The van der Waals surface area contributed by atoms with Gasteiger partial charge in [-0.15, -0.1) is 0 Å². The van der Waals surface area contributed by atoms with Gasteiger partial charge in [-0.1, -0.05) is 47.2 Å². The van der Waals surface area contributed by atoms with Gasteiger partial charge in [0.15, 0.2) is 11.5 Å². The molecule has 3 rings (SSSR count). The summed E-state index contributed by atoms with van der Waals surface area (Å²) in [7, 11) is 1.46. The van der Waals surface area contributed by atoms with Crippen molar-refractivity contribution in [3.05, 3.63) is 58.6 Å². The number of aromatic nitrogens is 1. The lowest BCUT2D eigenvalue weighted by Gasteiger charge is -2.04. The summed E-state index contributed by atoms with van der Waals surface area (Å²) in [5.41, 5.74) is 3.61. The highest BCUT2D eigenvalue weighted by Crippen LogP contribution is 2.37. The van der Waals surface area contributed by atoms with Crippen molar-refractivity contribution < 1.29 is 14.6 Å². The molecule has 3 aromatic rings. The summed E-state index contributed by atoms with van der Waals surface area (Å²) in [6, 6.07) is 14.8. The number of rotatable bonds is 5. The van der Waals surface area contributed by atoms with Crippen molar-refractivity contribution in [3.8, 4) is 28.8 Å². The van der Waals surface area contributed by atoms with Crippen LogP contribution in [0.4, 0.5) is 5.00 Å². The van der Waals surface area contributed by atoms with Crippen LogP contribution in [0.1, 0.15) is 23.1 Å². The third-order valence-electron chi connectivity index (χ3n) is 4.11. The van der Waals surface area contributed by atoms with Gasteiger partial charge in [0.2, 0.25) is 5.91 Å². The molecule has 7 heteroatoms. The zero-order chi connectivity index (χ0) is 21.0. The van der Waals surface area contributed by atoms with E-state index in [1.165, 1.54) is 31.4 Å². The minimum atomic E-state index is -0.209. The second-order valence-electron chi connectivity index (χ2n) is 6.35. The first-order valence-electron chi connectivity index (χ1n) is 8.76. The molecule has 0 radical (unpaired) electrons. The predicted molar refractivity (Wildman–Crippen MR) is 115 cm³/mol. The number of anilines is 1. The Balaban J connectivity index is 2.07. The molecule has 0 unspecified atom stereocenters. The average Bonchev–Trinajstić information content (AvgIpc) is 3.10. The zero-order valence-electron chi connectivity index (χ0n) is 16.2. The fraction of sp³-hybridized carbons (Fsp3) is 0.136. The Morgan fingerprint density at radius 2 is 2.00 bits per heavy atom. The molecule has 146 valence electrons. The maximum Gasteiger partial charge on any atom is 0.221 e. The fourth-order valence-electron chi connectivity index (χ4n) is 2.68. The SMILES string of the molecule is COc1cc(C=C(C#N)c2nc(-c3ccc(C)cc3)c(NC(C)=O)s2)ccc1O. The molecule has 2 N–H and O–H groups in total. The molecule has 0 bridgehead atoms. The average molecular weight is 405 g/mol. The lowest BCUT2D eigenvalue weighted by molar-refractivity contribution is -0.114. The Hall–Kier alpha value is -3.63. The van der Waals surface area contributed by atoms with Crippen molar-refractivity contribution in [3.63, 3.8) is 0 Å². The number of aryl methyl sites for hydroxylation is 1. The zero-order valence-corrected chi connectivity index (χ0v) is 17.0. The van der Waals surface area contributed by atoms with Crippen molar-refractivity contribution in [2.24, 2.45) is 0 Å². The Morgan fingerprint density at radius 3 is 2.62 bits per heavy atom. The van der Waals surface area contributed by atoms with Crippen LogP contribution in [0.2, 0.25) is 0 Å². The van der Waals surface area contributed by atoms with E-state index in [-0.39, 0.29) is 11.7 Å². The standard InChI is InChI=1S/C22H19N3O3S/c1-13-4-7-16(8-5-13)20-22(24-14(2)26)29-21(25-20)17(12-23)10-15-6-9-18(27)19(11-15)28-3/h4-11,27H,1-3H3,(H,24,26). The molecule has 0 spiro atoms. The second kappa shape index (κ2) is 8.59. The van der Waals surface area contributed by atoms with Crippen LogP contribution in [0.5, 0.6) is 11.5 Å². The van der Waals surface area contributed by atoms with Crippen LogP contribution < -0.4 is 10.1 Å². The minimum Gasteiger partial charge on any atom is -0.504 e. The Morgan fingerprint density at radius 1 is 1.28 bits per heavy atom. The van der Waals surface area contributed by atoms with Crippen LogP contribution in [-0.4, -0.2) is 23.1 Å². The first kappa shape index (κ1) is 20.1. The smallest absolute Gasteiger partial charge is 0.221 e. The van der Waals surface area contributed by atoms with Crippen molar-refractivity contribution in [2.75, 3.05) is 12.4 Å². The van der Waals surface area contributed by atoms with Crippen LogP contribution in [0.3, 0.4) is 0 Å². The molecule has 0 saturated heterocycles. The van der Waals surface area contributed by atoms with E-state index < -0.39 is 0 Å². The number of methoxy groups -OCH3 is 1. The second-order valence-corrected chi connectivity index (χ2v) is 7.34. The number of aromatic hydroxyl groups is 1. The van der Waals surface area contributed by atoms with Gasteiger partial charge in [-0.3, -0.25) is 4.79 Å². The fourth-order valence-corrected chi connectivity index (χ4v) is 3.68. The van der Waals surface area contributed by atoms with Crippen LogP contribution in [0.15, 0.2) is 42.5 Å². The normalized spacial score (nSPS) is 11.0. The monoisotopic (exact) mass is 405 g/mol. The lowest BCUT2D eigenvalue weighted by Crippen LogP contribution is -2.05. The molecule has 0 atom stereocenters. The van der Waals surface area contributed by atoms with Gasteiger partial charge in [-0.05, 0) is 30.7 Å². The molecule has 29 heavy (non-hydrogen) atoms. The van der Waals surface area contributed by atoms with Crippen LogP contribution in [0, 0.1) is 18.3 Å². The molecule has 0 aliphatic carbocycles. The van der Waals surface area contributed by atoms with E-state index in [0.29, 0.717) is 32.6 Å². The number of ether oxygens (including phenoxy) is 1. The largest absolute Gasteiger partial charge is 0.504 e. The number of hydrogen-bond donors (Lipinski definition) is 2. The van der Waals surface area contributed by atoms with Gasteiger partial charge in [0.1, 0.15) is 21.8 Å². The van der Waals surface area contributed by atoms with E-state index in [9.17, 15) is 15.2 Å². The maximum atomic E-state index is 11.6. The number of carbonyl (C=O) groups excluding carboxylic acids is 1. The van der Waals surface area contributed by atoms with Crippen molar-refractivity contribution >= 4 is 33.9 Å². The van der Waals surface area contributed by atoms with Crippen LogP contribution in [0.25, 0.3) is 22.9 Å². The Labute approximate surface area is 172 Å². The molecule has 1 heterocycles. The number of phenols is 1. The molecule has 0 fully saturated rings. The molecular formula is C22H19N3O3S. The minimum absolute atomic E-state index is 0.0204. The summed E-state index contributed by atoms with van der Waals surface area (Å²) in [5, 5.41) is 23.3. The number of allylic oxidation sites excluding steroid dienone is 1. The van der Waals surface area contributed by atoms with E-state index in [0.717, 1.165) is 11.1 Å². The number of hydrogen-bond acceptors (Lipinski definition) is 6. The van der Waals surface area contributed by atoms with E-state index in [1.54, 1.807) is 18.2 Å². The molecular weight excluding hydrogens is 386 g/mol. The predicted octanol–water partition coefficient (Wildman–Crippen LogP) is 4.86. The summed E-state index contributed by atoms with van der Waals surface area (Å²) in [5.74, 6) is 0.126. The number of thiazole rings is 1. The van der Waals surface area contributed by atoms with Gasteiger partial charge in [0.25, 0.3) is 0 Å². The third-order valence-corrected chi connectivity index (χ3v) is 5.11. The maximum absolute atomic E-state index is 11.6. The molecule has 1 aromatic heterocycles. The van der Waals surface area contributed by atoms with E-state index in [1.807, 2.05) is 31.2 Å². The van der Waals surface area contributed by atoms with Gasteiger partial charge < -0.3 is 15.2 Å². The van der Waals surface area contributed by atoms with E-state index in [2.05, 4.69) is 16.4 Å². The Bertz CT molecular complexity index is 1130. The van der Waals surface area contributed by atoms with Crippen molar-refractivity contribution in [2.45, 2.75) is 13.8 Å². The number of carbonyl (C=O) groups is 1. The summed E-state index contributed by atoms with van der Waals surface area (Å²) in [4.78, 5) is 16.3. The van der Waals surface area contributed by atoms with Gasteiger partial charge in [-0.25, -0.2) is 4.98 Å². The quantitative estimate of drug-likeness (QED) is 0.591. The van der Waals surface area contributed by atoms with E-state index in [4.69, 9.17) is 4.74 Å². The van der Waals surface area contributed by atoms with Crippen molar-refractivity contribution in [1.82, 2.24) is 4.98 Å². The van der Waals surface area contributed by atoms with Gasteiger partial charge in [0, 0.05) is 12.5 Å². The van der Waals surface area contributed by atoms with Crippen molar-refractivity contribution in [1.29, 1.82) is 5.26 Å². The summed E-state index contributed by atoms with van der Waals surface area (Å²) in [6.07, 6.45) is 1.66. The lowest BCUT2D eigenvalue weighted by atomic mass is 10.1. The molecule has 2 aromatic carbocycles. The molecule has 1 amide bonds. The van der Waals surface area contributed by atoms with Gasteiger partial charge in [-0.2, -0.15) is 5.26 Å². The highest BCUT2D eigenvalue weighted by Gasteiger charge is 2.17. The highest BCUT2D eigenvalue weighted by atomic mass is 32.1. The topological polar surface area (TPSA) is 95.2 Å². The number of nitriles is 1. The number of nitrogens with one attached hydrogen (secondary N) is 1. The first-order valence-corrected chi connectivity index (χ1v) is 9.57. The van der Waals surface area contributed by atoms with Gasteiger partial charge >= 0.3 is 0 Å². The van der Waals surface area contributed by atoms with Gasteiger partial charge in [0.05, 0.1) is 12.7 Å². The summed E-state index contributed by atoms with van der Waals surface area (Å²) < 4.78 is 5.12. The number of nitrogens with zero attached hydrogens (tertiary/aromatic N) is 2. The Kier molecular flexibility index (Phi) is 5.96. The number of phenolic OH excluding ortho intramolecular Hbond substituents is 1. The molecule has 0 aliphatic heterocycles. The summed E-state index contributed by atoms with van der Waals surface area (Å²) >= 11 is 1.24. The molecule has 6 nitrogen and oxygen atoms in total. The van der Waals surface area contributed by atoms with Crippen LogP contribution in [-0.2, 0) is 4.79 Å². The first-order chi connectivity index (χ1) is 13.9. The number of amides is 1.